The molecular formula is C22H27ClN2O3. The average molecular weight is 403 g/mol. The van der Waals surface area contributed by atoms with Crippen LogP contribution in [0.15, 0.2) is 36.4 Å². The molecule has 0 bridgehead atoms. The number of halogens is 1. The van der Waals surface area contributed by atoms with Gasteiger partial charge in [-0.05, 0) is 49.7 Å². The number of nitrogens with zero attached hydrogens (tertiary/aromatic N) is 2. The Morgan fingerprint density at radius 1 is 1.11 bits per heavy atom. The van der Waals surface area contributed by atoms with Gasteiger partial charge in [0.05, 0.1) is 13.7 Å². The van der Waals surface area contributed by atoms with Crippen LogP contribution in [0.3, 0.4) is 0 Å². The van der Waals surface area contributed by atoms with Crippen molar-refractivity contribution < 1.29 is 14.3 Å². The lowest BCUT2D eigenvalue weighted by Gasteiger charge is -2.37. The summed E-state index contributed by atoms with van der Waals surface area (Å²) in [6.07, 6.45) is 0. The van der Waals surface area contributed by atoms with Gasteiger partial charge in [-0.2, -0.15) is 0 Å². The minimum atomic E-state index is 0.0443. The first-order valence-corrected chi connectivity index (χ1v) is 9.96. The minimum absolute atomic E-state index is 0.0443. The lowest BCUT2D eigenvalue weighted by molar-refractivity contribution is 0.0746. The molecule has 1 saturated heterocycles. The fourth-order valence-corrected chi connectivity index (χ4v) is 3.66. The third-order valence-corrected chi connectivity index (χ3v) is 5.30. The number of carbonyl (C=O) groups is 1. The highest BCUT2D eigenvalue weighted by Gasteiger charge is 2.24. The van der Waals surface area contributed by atoms with Gasteiger partial charge in [0.2, 0.25) is 0 Å². The van der Waals surface area contributed by atoms with Gasteiger partial charge in [-0.15, -0.1) is 0 Å². The van der Waals surface area contributed by atoms with Crippen molar-refractivity contribution in [1.82, 2.24) is 4.90 Å². The Morgan fingerprint density at radius 2 is 1.86 bits per heavy atom. The molecule has 0 radical (unpaired) electrons. The molecule has 0 saturated carbocycles. The number of piperazine rings is 1. The highest BCUT2D eigenvalue weighted by Crippen LogP contribution is 2.26. The molecule has 0 spiro atoms. The van der Waals surface area contributed by atoms with Crippen molar-refractivity contribution in [3.63, 3.8) is 0 Å². The molecule has 1 aliphatic heterocycles. The van der Waals surface area contributed by atoms with E-state index >= 15 is 0 Å². The summed E-state index contributed by atoms with van der Waals surface area (Å²) in [5.74, 6) is 0.786. The second kappa shape index (κ2) is 9.30. The van der Waals surface area contributed by atoms with Crippen molar-refractivity contribution in [3.8, 4) is 5.75 Å². The van der Waals surface area contributed by atoms with Gasteiger partial charge in [-0.3, -0.25) is 4.79 Å². The molecule has 0 N–H and O–H groups in total. The van der Waals surface area contributed by atoms with Gasteiger partial charge in [0.1, 0.15) is 5.75 Å². The van der Waals surface area contributed by atoms with Crippen LogP contribution in [0, 0.1) is 6.92 Å². The summed E-state index contributed by atoms with van der Waals surface area (Å²) >= 11 is 6.16. The Morgan fingerprint density at radius 3 is 2.54 bits per heavy atom. The number of hydrogen-bond donors (Lipinski definition) is 0. The molecule has 1 aliphatic rings. The van der Waals surface area contributed by atoms with Crippen LogP contribution in [0.2, 0.25) is 5.02 Å². The Labute approximate surface area is 171 Å². The summed E-state index contributed by atoms with van der Waals surface area (Å²) < 4.78 is 10.9. The number of carbonyl (C=O) groups excluding carboxylic acids is 1. The molecule has 1 heterocycles. The van der Waals surface area contributed by atoms with Crippen molar-refractivity contribution in [2.75, 3.05) is 44.8 Å². The zero-order valence-corrected chi connectivity index (χ0v) is 17.5. The van der Waals surface area contributed by atoms with Crippen LogP contribution < -0.4 is 9.64 Å². The number of anilines is 1. The van der Waals surface area contributed by atoms with Crippen molar-refractivity contribution in [1.29, 1.82) is 0 Å². The Balaban J connectivity index is 1.69. The molecule has 1 amide bonds. The maximum atomic E-state index is 13.0. The van der Waals surface area contributed by atoms with Crippen molar-refractivity contribution in [2.24, 2.45) is 0 Å². The van der Waals surface area contributed by atoms with Gasteiger partial charge in [0, 0.05) is 54.6 Å². The first-order chi connectivity index (χ1) is 13.5. The van der Waals surface area contributed by atoms with E-state index in [-0.39, 0.29) is 5.91 Å². The highest BCUT2D eigenvalue weighted by molar-refractivity contribution is 6.30. The summed E-state index contributed by atoms with van der Waals surface area (Å²) in [5.41, 5.74) is 3.90. The lowest BCUT2D eigenvalue weighted by atomic mass is 10.1. The van der Waals surface area contributed by atoms with E-state index in [4.69, 9.17) is 21.1 Å². The Bertz CT molecular complexity index is 833. The predicted molar refractivity (Wildman–Crippen MR) is 113 cm³/mol. The molecule has 5 nitrogen and oxygen atoms in total. The Kier molecular flexibility index (Phi) is 6.81. The fraction of sp³-hybridized carbons (Fsp3) is 0.409. The van der Waals surface area contributed by atoms with Crippen LogP contribution in [0.25, 0.3) is 0 Å². The number of amides is 1. The van der Waals surface area contributed by atoms with E-state index in [1.54, 1.807) is 7.11 Å². The zero-order valence-electron chi connectivity index (χ0n) is 16.7. The van der Waals surface area contributed by atoms with E-state index in [0.717, 1.165) is 35.1 Å². The van der Waals surface area contributed by atoms with E-state index in [9.17, 15) is 4.79 Å². The molecule has 1 fully saturated rings. The van der Waals surface area contributed by atoms with Crippen LogP contribution in [0.5, 0.6) is 5.75 Å². The second-order valence-corrected chi connectivity index (χ2v) is 7.31. The van der Waals surface area contributed by atoms with Gasteiger partial charge in [-0.25, -0.2) is 0 Å². The monoisotopic (exact) mass is 402 g/mol. The normalized spacial score (nSPS) is 14.3. The summed E-state index contributed by atoms with van der Waals surface area (Å²) in [4.78, 5) is 17.2. The van der Waals surface area contributed by atoms with Crippen LogP contribution in [-0.4, -0.2) is 50.7 Å². The van der Waals surface area contributed by atoms with E-state index in [0.29, 0.717) is 31.9 Å². The van der Waals surface area contributed by atoms with Crippen LogP contribution in [-0.2, 0) is 11.3 Å². The summed E-state index contributed by atoms with van der Waals surface area (Å²) in [7, 11) is 1.63. The zero-order chi connectivity index (χ0) is 20.1. The first-order valence-electron chi connectivity index (χ1n) is 9.58. The minimum Gasteiger partial charge on any atom is -0.496 e. The molecular weight excluding hydrogens is 376 g/mol. The third-order valence-electron chi connectivity index (χ3n) is 5.07. The fourth-order valence-electron chi connectivity index (χ4n) is 3.49. The Hall–Kier alpha value is -2.24. The van der Waals surface area contributed by atoms with Crippen molar-refractivity contribution in [2.45, 2.75) is 20.5 Å². The van der Waals surface area contributed by atoms with Crippen molar-refractivity contribution >= 4 is 23.2 Å². The molecule has 0 aliphatic carbocycles. The molecule has 28 heavy (non-hydrogen) atoms. The molecule has 2 aromatic rings. The van der Waals surface area contributed by atoms with Crippen LogP contribution in [0.4, 0.5) is 5.69 Å². The van der Waals surface area contributed by atoms with Gasteiger partial charge >= 0.3 is 0 Å². The van der Waals surface area contributed by atoms with Crippen LogP contribution >= 0.6 is 11.6 Å². The number of hydrogen-bond acceptors (Lipinski definition) is 4. The SMILES string of the molecule is CCOCc1cc(C(=O)N2CCN(c3cc(Cl)ccc3C)CC2)ccc1OC. The second-order valence-electron chi connectivity index (χ2n) is 6.87. The summed E-state index contributed by atoms with van der Waals surface area (Å²) in [6.45, 7) is 8.01. The lowest BCUT2D eigenvalue weighted by Crippen LogP contribution is -2.49. The molecule has 0 unspecified atom stereocenters. The standard InChI is InChI=1S/C22H27ClN2O3/c1-4-28-15-18-13-17(6-8-21(18)27-3)22(26)25-11-9-24(10-12-25)20-14-19(23)7-5-16(20)2/h5-8,13-14H,4,9-12,15H2,1-3H3. The topological polar surface area (TPSA) is 42.0 Å². The van der Waals surface area contributed by atoms with Gasteiger partial charge in [-0.1, -0.05) is 17.7 Å². The molecule has 0 aromatic heterocycles. The van der Waals surface area contributed by atoms with Crippen LogP contribution in [0.1, 0.15) is 28.4 Å². The summed E-state index contributed by atoms with van der Waals surface area (Å²) in [6, 6.07) is 11.5. The summed E-state index contributed by atoms with van der Waals surface area (Å²) in [5, 5.41) is 0.735. The van der Waals surface area contributed by atoms with E-state index < -0.39 is 0 Å². The predicted octanol–water partition coefficient (Wildman–Crippen LogP) is 4.16. The molecule has 3 rings (SSSR count). The maximum absolute atomic E-state index is 13.0. The van der Waals surface area contributed by atoms with Crippen molar-refractivity contribution in [3.05, 3.63) is 58.1 Å². The van der Waals surface area contributed by atoms with Gasteiger partial charge in [0.15, 0.2) is 0 Å². The number of ether oxygens (including phenoxy) is 2. The molecule has 6 heteroatoms. The van der Waals surface area contributed by atoms with E-state index in [1.165, 1.54) is 5.56 Å². The quantitative estimate of drug-likeness (QED) is 0.727. The smallest absolute Gasteiger partial charge is 0.253 e. The molecule has 0 atom stereocenters. The van der Waals surface area contributed by atoms with Gasteiger partial charge < -0.3 is 19.3 Å². The maximum Gasteiger partial charge on any atom is 0.253 e. The average Bonchev–Trinajstić information content (AvgIpc) is 2.73. The highest BCUT2D eigenvalue weighted by atomic mass is 35.5. The first kappa shape index (κ1) is 20.5. The van der Waals surface area contributed by atoms with E-state index in [2.05, 4.69) is 11.8 Å². The number of benzene rings is 2. The van der Waals surface area contributed by atoms with E-state index in [1.807, 2.05) is 48.2 Å². The largest absolute Gasteiger partial charge is 0.496 e. The number of methoxy groups -OCH3 is 1. The van der Waals surface area contributed by atoms with Gasteiger partial charge in [0.25, 0.3) is 5.91 Å². The number of rotatable bonds is 6. The molecule has 2 aromatic carbocycles. The number of aryl methyl sites for hydroxylation is 1. The molecule has 150 valence electrons. The third kappa shape index (κ3) is 4.59.